The average Bonchev–Trinajstić information content (AvgIpc) is 2.57. The molecule has 0 saturated carbocycles. The summed E-state index contributed by atoms with van der Waals surface area (Å²) in [7, 11) is 0. The van der Waals surface area contributed by atoms with Crippen molar-refractivity contribution in [1.29, 1.82) is 0 Å². The van der Waals surface area contributed by atoms with Gasteiger partial charge in [-0.2, -0.15) is 0 Å². The van der Waals surface area contributed by atoms with Crippen LogP contribution in [0.5, 0.6) is 5.75 Å². The van der Waals surface area contributed by atoms with Crippen LogP contribution in [0.4, 0.5) is 5.69 Å². The second kappa shape index (κ2) is 8.15. The van der Waals surface area contributed by atoms with Gasteiger partial charge in [0.2, 0.25) is 0 Å². The highest BCUT2D eigenvalue weighted by Crippen LogP contribution is 2.16. The lowest BCUT2D eigenvalue weighted by molar-refractivity contribution is -0.123. The number of anilines is 1. The van der Waals surface area contributed by atoms with E-state index >= 15 is 0 Å². The first-order valence-electron chi connectivity index (χ1n) is 7.81. The van der Waals surface area contributed by atoms with Crippen LogP contribution < -0.4 is 10.1 Å². The first-order chi connectivity index (χ1) is 11.5. The van der Waals surface area contributed by atoms with Crippen LogP contribution in [0.2, 0.25) is 0 Å². The van der Waals surface area contributed by atoms with Gasteiger partial charge >= 0.3 is 5.97 Å². The lowest BCUT2D eigenvalue weighted by atomic mass is 10.1. The maximum absolute atomic E-state index is 12.2. The number of carbonyl (C=O) groups excluding carboxylic acids is 2. The van der Waals surface area contributed by atoms with E-state index in [4.69, 9.17) is 9.47 Å². The van der Waals surface area contributed by atoms with Gasteiger partial charge in [-0.1, -0.05) is 18.2 Å². The van der Waals surface area contributed by atoms with E-state index in [1.165, 1.54) is 0 Å². The van der Waals surface area contributed by atoms with E-state index in [1.807, 2.05) is 26.0 Å². The van der Waals surface area contributed by atoms with Gasteiger partial charge < -0.3 is 14.8 Å². The molecule has 24 heavy (non-hydrogen) atoms. The van der Waals surface area contributed by atoms with Crippen molar-refractivity contribution in [2.75, 3.05) is 11.9 Å². The highest BCUT2D eigenvalue weighted by Gasteiger charge is 2.19. The van der Waals surface area contributed by atoms with Gasteiger partial charge in [-0.15, -0.1) is 0 Å². The van der Waals surface area contributed by atoms with Crippen LogP contribution in [-0.4, -0.2) is 24.6 Å². The average molecular weight is 327 g/mol. The van der Waals surface area contributed by atoms with Gasteiger partial charge in [-0.05, 0) is 56.7 Å². The van der Waals surface area contributed by atoms with Crippen molar-refractivity contribution < 1.29 is 19.1 Å². The van der Waals surface area contributed by atoms with Gasteiger partial charge in [-0.3, -0.25) is 4.79 Å². The van der Waals surface area contributed by atoms with Gasteiger partial charge in [0, 0.05) is 5.69 Å². The minimum atomic E-state index is -0.899. The van der Waals surface area contributed by atoms with Gasteiger partial charge in [0.15, 0.2) is 6.10 Å². The molecule has 0 unspecified atom stereocenters. The summed E-state index contributed by atoms with van der Waals surface area (Å²) < 4.78 is 10.6. The highest BCUT2D eigenvalue weighted by molar-refractivity contribution is 5.97. The van der Waals surface area contributed by atoms with E-state index in [9.17, 15) is 9.59 Å². The Labute approximate surface area is 141 Å². The van der Waals surface area contributed by atoms with E-state index in [0.29, 0.717) is 17.9 Å². The Balaban J connectivity index is 1.94. The number of hydrogen-bond acceptors (Lipinski definition) is 4. The summed E-state index contributed by atoms with van der Waals surface area (Å²) in [6, 6.07) is 14.1. The Bertz CT molecular complexity index is 710. The molecular weight excluding hydrogens is 306 g/mol. The zero-order valence-corrected chi connectivity index (χ0v) is 14.0. The predicted molar refractivity (Wildman–Crippen MR) is 92.3 cm³/mol. The third kappa shape index (κ3) is 4.59. The van der Waals surface area contributed by atoms with Crippen molar-refractivity contribution in [3.05, 3.63) is 59.7 Å². The number of amides is 1. The lowest BCUT2D eigenvalue weighted by Crippen LogP contribution is -2.30. The number of esters is 1. The fourth-order valence-corrected chi connectivity index (χ4v) is 2.12. The molecule has 0 saturated heterocycles. The van der Waals surface area contributed by atoms with E-state index in [1.54, 1.807) is 43.3 Å². The van der Waals surface area contributed by atoms with Crippen LogP contribution in [0, 0.1) is 6.92 Å². The molecule has 0 bridgehead atoms. The minimum Gasteiger partial charge on any atom is -0.494 e. The van der Waals surface area contributed by atoms with Gasteiger partial charge in [-0.25, -0.2) is 4.79 Å². The molecule has 0 aliphatic rings. The number of benzene rings is 2. The molecule has 1 atom stereocenters. The van der Waals surface area contributed by atoms with Gasteiger partial charge in [0.1, 0.15) is 5.75 Å². The molecule has 0 radical (unpaired) electrons. The van der Waals surface area contributed by atoms with Crippen molar-refractivity contribution in [2.24, 2.45) is 0 Å². The predicted octanol–water partition coefficient (Wildman–Crippen LogP) is 3.58. The number of hydrogen-bond donors (Lipinski definition) is 1. The number of nitrogens with one attached hydrogen (secondary N) is 1. The van der Waals surface area contributed by atoms with Gasteiger partial charge in [0.25, 0.3) is 5.91 Å². The fraction of sp³-hybridized carbons (Fsp3) is 0.263. The second-order valence-corrected chi connectivity index (χ2v) is 5.31. The molecule has 5 heteroatoms. The minimum absolute atomic E-state index is 0.388. The molecule has 0 fully saturated rings. The number of ether oxygens (including phenoxy) is 2. The van der Waals surface area contributed by atoms with Crippen molar-refractivity contribution in [3.63, 3.8) is 0 Å². The van der Waals surface area contributed by atoms with E-state index in [-0.39, 0.29) is 5.91 Å². The van der Waals surface area contributed by atoms with E-state index in [2.05, 4.69) is 5.32 Å². The summed E-state index contributed by atoms with van der Waals surface area (Å²) in [5.74, 6) is -0.168. The normalized spacial score (nSPS) is 11.5. The Morgan fingerprint density at radius 3 is 2.38 bits per heavy atom. The number of carbonyl (C=O) groups is 2. The largest absolute Gasteiger partial charge is 0.494 e. The third-order valence-electron chi connectivity index (χ3n) is 3.45. The van der Waals surface area contributed by atoms with E-state index in [0.717, 1.165) is 11.3 Å². The molecule has 0 aromatic heterocycles. The molecule has 2 rings (SSSR count). The molecule has 5 nitrogen and oxygen atoms in total. The highest BCUT2D eigenvalue weighted by atomic mass is 16.5. The summed E-state index contributed by atoms with van der Waals surface area (Å²) in [4.78, 5) is 24.3. The zero-order valence-electron chi connectivity index (χ0n) is 14.0. The first kappa shape index (κ1) is 17.5. The monoisotopic (exact) mass is 327 g/mol. The fourth-order valence-electron chi connectivity index (χ4n) is 2.12. The summed E-state index contributed by atoms with van der Waals surface area (Å²) >= 11 is 0. The topological polar surface area (TPSA) is 64.6 Å². The maximum atomic E-state index is 12.2. The molecule has 2 aromatic rings. The molecular formula is C19H21NO4. The molecule has 0 spiro atoms. The Morgan fingerprint density at radius 2 is 1.75 bits per heavy atom. The third-order valence-corrected chi connectivity index (χ3v) is 3.45. The quantitative estimate of drug-likeness (QED) is 0.824. The molecule has 0 aliphatic carbocycles. The summed E-state index contributed by atoms with van der Waals surface area (Å²) in [5, 5.41) is 2.71. The first-order valence-corrected chi connectivity index (χ1v) is 7.81. The second-order valence-electron chi connectivity index (χ2n) is 5.31. The SMILES string of the molecule is CCOc1ccc(NC(=O)[C@@H](C)OC(=O)c2ccccc2C)cc1. The molecule has 2 aromatic carbocycles. The van der Waals surface area contributed by atoms with Crippen molar-refractivity contribution >= 4 is 17.6 Å². The summed E-state index contributed by atoms with van der Waals surface area (Å²) in [5.41, 5.74) is 1.88. The van der Waals surface area contributed by atoms with E-state index < -0.39 is 12.1 Å². The van der Waals surface area contributed by atoms with Crippen molar-refractivity contribution in [1.82, 2.24) is 0 Å². The summed E-state index contributed by atoms with van der Waals surface area (Å²) in [6.07, 6.45) is -0.899. The Morgan fingerprint density at radius 1 is 1.08 bits per heavy atom. The lowest BCUT2D eigenvalue weighted by Gasteiger charge is -2.14. The smallest absolute Gasteiger partial charge is 0.339 e. The van der Waals surface area contributed by atoms with Crippen LogP contribution in [0.25, 0.3) is 0 Å². The van der Waals surface area contributed by atoms with Crippen LogP contribution in [0.1, 0.15) is 29.8 Å². The maximum Gasteiger partial charge on any atom is 0.339 e. The van der Waals surface area contributed by atoms with Crippen LogP contribution in [0.3, 0.4) is 0 Å². The molecule has 126 valence electrons. The van der Waals surface area contributed by atoms with Gasteiger partial charge in [0.05, 0.1) is 12.2 Å². The molecule has 0 heterocycles. The number of aryl methyl sites for hydroxylation is 1. The standard InChI is InChI=1S/C19H21NO4/c1-4-23-16-11-9-15(10-12-16)20-18(21)14(3)24-19(22)17-8-6-5-7-13(17)2/h5-12,14H,4H2,1-3H3,(H,20,21)/t14-/m1/s1. The van der Waals surface area contributed by atoms with Crippen LogP contribution >= 0.6 is 0 Å². The molecule has 1 amide bonds. The number of rotatable bonds is 6. The molecule has 0 aliphatic heterocycles. The zero-order chi connectivity index (χ0) is 17.5. The van der Waals surface area contributed by atoms with Crippen LogP contribution in [-0.2, 0) is 9.53 Å². The Kier molecular flexibility index (Phi) is 5.95. The molecule has 1 N–H and O–H groups in total. The van der Waals surface area contributed by atoms with Crippen molar-refractivity contribution in [3.8, 4) is 5.75 Å². The van der Waals surface area contributed by atoms with Crippen molar-refractivity contribution in [2.45, 2.75) is 26.9 Å². The van der Waals surface area contributed by atoms with Crippen LogP contribution in [0.15, 0.2) is 48.5 Å². The summed E-state index contributed by atoms with van der Waals surface area (Å²) in [6.45, 7) is 5.85. The Hall–Kier alpha value is -2.82.